The summed E-state index contributed by atoms with van der Waals surface area (Å²) in [5.74, 6) is 1.94. The van der Waals surface area contributed by atoms with Crippen LogP contribution in [0.25, 0.3) is 11.1 Å². The highest BCUT2D eigenvalue weighted by molar-refractivity contribution is 5.82. The molecule has 0 saturated carbocycles. The second kappa shape index (κ2) is 7.25. The van der Waals surface area contributed by atoms with Crippen molar-refractivity contribution in [2.75, 3.05) is 28.4 Å². The van der Waals surface area contributed by atoms with Crippen LogP contribution in [0.4, 0.5) is 0 Å². The van der Waals surface area contributed by atoms with Crippen LogP contribution in [0, 0.1) is 0 Å². The predicted molar refractivity (Wildman–Crippen MR) is 99.6 cm³/mol. The molecule has 1 aliphatic rings. The summed E-state index contributed by atoms with van der Waals surface area (Å²) in [4.78, 5) is 12.2. The third-order valence-electron chi connectivity index (χ3n) is 4.77. The van der Waals surface area contributed by atoms with Crippen LogP contribution in [0.15, 0.2) is 29.1 Å². The molecule has 138 valence electrons. The highest BCUT2D eigenvalue weighted by Gasteiger charge is 2.27. The Bertz CT molecular complexity index is 894. The van der Waals surface area contributed by atoms with Gasteiger partial charge in [-0.1, -0.05) is 0 Å². The van der Waals surface area contributed by atoms with Gasteiger partial charge in [0.05, 0.1) is 28.4 Å². The van der Waals surface area contributed by atoms with Crippen molar-refractivity contribution in [3.63, 3.8) is 0 Å². The van der Waals surface area contributed by atoms with E-state index in [-0.39, 0.29) is 17.2 Å². The van der Waals surface area contributed by atoms with E-state index < -0.39 is 0 Å². The van der Waals surface area contributed by atoms with Gasteiger partial charge in [0.25, 0.3) is 0 Å². The second-order valence-electron chi connectivity index (χ2n) is 6.10. The summed E-state index contributed by atoms with van der Waals surface area (Å²) in [6, 6.07) is 6.71. The molecule has 0 amide bonds. The average Bonchev–Trinajstić information content (AvgIpc) is 2.90. The fourth-order valence-corrected chi connectivity index (χ4v) is 3.49. The van der Waals surface area contributed by atoms with E-state index >= 15 is 0 Å². The van der Waals surface area contributed by atoms with Crippen LogP contribution in [-0.2, 0) is 6.42 Å². The number of aryl methyl sites for hydroxylation is 1. The highest BCUT2D eigenvalue weighted by Crippen LogP contribution is 2.50. The molecule has 2 N–H and O–H groups in total. The molecule has 0 aromatic heterocycles. The number of fused-ring (bicyclic) bond motifs is 3. The monoisotopic (exact) mass is 357 g/mol. The lowest BCUT2D eigenvalue weighted by Crippen LogP contribution is -2.10. The van der Waals surface area contributed by atoms with Gasteiger partial charge in [-0.05, 0) is 53.8 Å². The summed E-state index contributed by atoms with van der Waals surface area (Å²) in [6.45, 7) is 0. The summed E-state index contributed by atoms with van der Waals surface area (Å²) >= 11 is 0. The zero-order valence-corrected chi connectivity index (χ0v) is 15.4. The first kappa shape index (κ1) is 18.1. The molecule has 0 fully saturated rings. The molecule has 0 bridgehead atoms. The van der Waals surface area contributed by atoms with E-state index in [0.29, 0.717) is 17.2 Å². The zero-order chi connectivity index (χ0) is 18.8. The van der Waals surface area contributed by atoms with Crippen LogP contribution in [0.3, 0.4) is 0 Å². The van der Waals surface area contributed by atoms with Gasteiger partial charge in [0.15, 0.2) is 17.2 Å². The normalized spacial score (nSPS) is 15.3. The van der Waals surface area contributed by atoms with Gasteiger partial charge in [-0.15, -0.1) is 0 Å². The zero-order valence-electron chi connectivity index (χ0n) is 15.4. The van der Waals surface area contributed by atoms with Crippen molar-refractivity contribution >= 4 is 0 Å². The molecule has 0 radical (unpaired) electrons. The van der Waals surface area contributed by atoms with Crippen LogP contribution in [0.5, 0.6) is 23.0 Å². The molecule has 1 aliphatic carbocycles. The van der Waals surface area contributed by atoms with Gasteiger partial charge in [0.2, 0.25) is 11.2 Å². The summed E-state index contributed by atoms with van der Waals surface area (Å²) in [6.07, 6.45) is 1.47. The minimum Gasteiger partial charge on any atom is -0.493 e. The first-order valence-corrected chi connectivity index (χ1v) is 8.35. The third-order valence-corrected chi connectivity index (χ3v) is 4.77. The average molecular weight is 357 g/mol. The van der Waals surface area contributed by atoms with E-state index in [4.69, 9.17) is 24.7 Å². The molecule has 2 aromatic carbocycles. The Labute approximate surface area is 152 Å². The molecule has 6 heteroatoms. The molecule has 0 aliphatic heterocycles. The Morgan fingerprint density at radius 3 is 2.23 bits per heavy atom. The Balaban J connectivity index is 2.44. The van der Waals surface area contributed by atoms with Crippen molar-refractivity contribution in [1.82, 2.24) is 0 Å². The fraction of sp³-hybridized carbons (Fsp3) is 0.350. The molecule has 26 heavy (non-hydrogen) atoms. The van der Waals surface area contributed by atoms with Gasteiger partial charge in [-0.3, -0.25) is 4.79 Å². The van der Waals surface area contributed by atoms with Crippen molar-refractivity contribution in [2.45, 2.75) is 18.9 Å². The van der Waals surface area contributed by atoms with Gasteiger partial charge in [0, 0.05) is 11.6 Å². The smallest absolute Gasteiger partial charge is 0.220 e. The van der Waals surface area contributed by atoms with E-state index in [1.165, 1.54) is 13.2 Å². The summed E-state index contributed by atoms with van der Waals surface area (Å²) < 4.78 is 21.9. The Morgan fingerprint density at radius 1 is 0.923 bits per heavy atom. The summed E-state index contributed by atoms with van der Waals surface area (Å²) in [5.41, 5.74) is 9.80. The van der Waals surface area contributed by atoms with E-state index in [9.17, 15) is 4.79 Å². The number of hydrogen-bond acceptors (Lipinski definition) is 6. The lowest BCUT2D eigenvalue weighted by atomic mass is 9.95. The van der Waals surface area contributed by atoms with Gasteiger partial charge in [-0.25, -0.2) is 0 Å². The standard InChI is InChI=1S/C20H23NO5/c1-23-16-10-13-12(6-8-15(16)22)18-11(5-7-14(13)21)9-17(24-2)19(25-3)20(18)26-4/h6,8-10,14H,5,7,21H2,1-4H3/t14-/m1/s1. The first-order valence-electron chi connectivity index (χ1n) is 8.35. The van der Waals surface area contributed by atoms with Gasteiger partial charge in [-0.2, -0.15) is 0 Å². The SMILES string of the molecule is COc1cc2c(c(OC)c1OC)-c1ccc(=O)c(OC)cc1[C@H](N)CC2. The minimum atomic E-state index is -0.236. The Kier molecular flexibility index (Phi) is 5.04. The number of ether oxygens (including phenoxy) is 4. The number of hydrogen-bond donors (Lipinski definition) is 1. The maximum Gasteiger partial charge on any atom is 0.220 e. The summed E-state index contributed by atoms with van der Waals surface area (Å²) in [7, 11) is 6.23. The second-order valence-corrected chi connectivity index (χ2v) is 6.10. The molecular weight excluding hydrogens is 334 g/mol. The molecular formula is C20H23NO5. The number of methoxy groups -OCH3 is 4. The third kappa shape index (κ3) is 2.86. The van der Waals surface area contributed by atoms with Crippen molar-refractivity contribution in [3.05, 3.63) is 45.6 Å². The van der Waals surface area contributed by atoms with E-state index in [0.717, 1.165) is 35.1 Å². The quantitative estimate of drug-likeness (QED) is 0.906. The van der Waals surface area contributed by atoms with E-state index in [2.05, 4.69) is 0 Å². The number of nitrogens with two attached hydrogens (primary N) is 1. The molecule has 2 aromatic rings. The van der Waals surface area contributed by atoms with Crippen LogP contribution in [-0.4, -0.2) is 28.4 Å². The lowest BCUT2D eigenvalue weighted by molar-refractivity contribution is 0.324. The topological polar surface area (TPSA) is 80.0 Å². The minimum absolute atomic E-state index is 0.200. The van der Waals surface area contributed by atoms with Crippen LogP contribution in [0.2, 0.25) is 0 Å². The van der Waals surface area contributed by atoms with Crippen LogP contribution < -0.4 is 30.1 Å². The van der Waals surface area contributed by atoms with Crippen molar-refractivity contribution in [3.8, 4) is 34.1 Å². The molecule has 1 atom stereocenters. The van der Waals surface area contributed by atoms with E-state index in [1.807, 2.05) is 6.07 Å². The number of benzene rings is 1. The maximum absolute atomic E-state index is 12.2. The highest BCUT2D eigenvalue weighted by atomic mass is 16.5. The van der Waals surface area contributed by atoms with Gasteiger partial charge < -0.3 is 24.7 Å². The van der Waals surface area contributed by atoms with Crippen molar-refractivity contribution < 1.29 is 18.9 Å². The summed E-state index contributed by atoms with van der Waals surface area (Å²) in [5, 5.41) is 0. The molecule has 6 nitrogen and oxygen atoms in total. The van der Waals surface area contributed by atoms with E-state index in [1.54, 1.807) is 33.5 Å². The van der Waals surface area contributed by atoms with Gasteiger partial charge >= 0.3 is 0 Å². The first-order chi connectivity index (χ1) is 12.5. The molecule has 0 saturated heterocycles. The fourth-order valence-electron chi connectivity index (χ4n) is 3.49. The maximum atomic E-state index is 12.2. The molecule has 3 rings (SSSR count). The molecule has 0 unspecified atom stereocenters. The van der Waals surface area contributed by atoms with Crippen molar-refractivity contribution in [1.29, 1.82) is 0 Å². The van der Waals surface area contributed by atoms with Crippen LogP contribution >= 0.6 is 0 Å². The molecule has 0 spiro atoms. The Hall–Kier alpha value is -2.73. The lowest BCUT2D eigenvalue weighted by Gasteiger charge is -2.19. The predicted octanol–water partition coefficient (Wildman–Crippen LogP) is 2.69. The molecule has 0 heterocycles. The largest absolute Gasteiger partial charge is 0.493 e. The van der Waals surface area contributed by atoms with Crippen molar-refractivity contribution in [2.24, 2.45) is 5.73 Å². The number of rotatable bonds is 4. The van der Waals surface area contributed by atoms with Gasteiger partial charge in [0.1, 0.15) is 0 Å². The van der Waals surface area contributed by atoms with Crippen LogP contribution in [0.1, 0.15) is 23.6 Å². The Morgan fingerprint density at radius 2 is 1.62 bits per heavy atom.